The Hall–Kier alpha value is 1.31. The molecule has 0 aromatic heterocycles. The standard InChI is InChI=1S/C41H89IO6Si5/c1-24-53(25-2,26-3)43-31-27-28-32-35(46-50(18,19)39(7,8)9)37(48-52(22,23)41(13,14)15)36(47-51(20,21)40(10,11)12)34(44-32)33(29-30-42)45-49(16,17)38(4,5)6/h29-30,32-37H,24-28,31H2,1-23H3/t32-,33-,34-,35-,36+,37-/m0/s1. The van der Waals surface area contributed by atoms with Gasteiger partial charge in [-0.1, -0.05) is 126 Å². The van der Waals surface area contributed by atoms with Crippen molar-refractivity contribution in [3.63, 3.8) is 0 Å². The van der Waals surface area contributed by atoms with Crippen LogP contribution in [-0.2, 0) is 26.9 Å². The van der Waals surface area contributed by atoms with E-state index in [0.29, 0.717) is 0 Å². The molecule has 1 aliphatic heterocycles. The first kappa shape index (κ1) is 52.3. The zero-order valence-corrected chi connectivity index (χ0v) is 46.3. The maximum absolute atomic E-state index is 7.74. The van der Waals surface area contributed by atoms with E-state index < -0.39 is 41.6 Å². The Balaban J connectivity index is 4.18. The van der Waals surface area contributed by atoms with E-state index in [1.807, 2.05) is 0 Å². The maximum Gasteiger partial charge on any atom is 0.193 e. The first-order chi connectivity index (χ1) is 23.6. The molecule has 0 aliphatic carbocycles. The van der Waals surface area contributed by atoms with Gasteiger partial charge in [0.1, 0.15) is 18.3 Å². The molecular formula is C41H89IO6Si5. The summed E-state index contributed by atoms with van der Waals surface area (Å²) >= 11 is 2.35. The van der Waals surface area contributed by atoms with Gasteiger partial charge in [-0.05, 0) is 114 Å². The summed E-state index contributed by atoms with van der Waals surface area (Å²) in [7, 11) is -10.9. The minimum Gasteiger partial charge on any atom is -0.417 e. The highest BCUT2D eigenvalue weighted by molar-refractivity contribution is 14.1. The average Bonchev–Trinajstić information content (AvgIpc) is 2.97. The maximum atomic E-state index is 7.74. The fourth-order valence-corrected chi connectivity index (χ4v) is 14.1. The minimum atomic E-state index is -2.35. The van der Waals surface area contributed by atoms with Crippen LogP contribution in [0.1, 0.15) is 117 Å². The van der Waals surface area contributed by atoms with Crippen molar-refractivity contribution in [3.05, 3.63) is 10.2 Å². The number of hydrogen-bond acceptors (Lipinski definition) is 6. The molecule has 1 aliphatic rings. The fourth-order valence-electron chi connectivity index (χ4n) is 5.83. The summed E-state index contributed by atoms with van der Waals surface area (Å²) in [5.74, 6) is 0. The molecule has 53 heavy (non-hydrogen) atoms. The largest absolute Gasteiger partial charge is 0.417 e. The molecule has 12 heteroatoms. The smallest absolute Gasteiger partial charge is 0.193 e. The van der Waals surface area contributed by atoms with Crippen molar-refractivity contribution in [2.75, 3.05) is 6.61 Å². The van der Waals surface area contributed by atoms with E-state index >= 15 is 0 Å². The van der Waals surface area contributed by atoms with Gasteiger partial charge >= 0.3 is 0 Å². The van der Waals surface area contributed by atoms with E-state index in [4.69, 9.17) is 26.9 Å². The molecule has 0 spiro atoms. The lowest BCUT2D eigenvalue weighted by Gasteiger charge is -2.56. The molecule has 1 rings (SSSR count). The lowest BCUT2D eigenvalue weighted by molar-refractivity contribution is -0.226. The molecule has 1 saturated heterocycles. The Morgan fingerprint density at radius 1 is 0.585 bits per heavy atom. The summed E-state index contributed by atoms with van der Waals surface area (Å²) in [6.07, 6.45) is 2.17. The van der Waals surface area contributed by atoms with Crippen LogP contribution in [0.2, 0.25) is 90.7 Å². The molecule has 1 fully saturated rings. The molecule has 1 heterocycles. The van der Waals surface area contributed by atoms with Gasteiger partial charge in [0, 0.05) is 6.61 Å². The molecule has 0 N–H and O–H groups in total. The van der Waals surface area contributed by atoms with Crippen molar-refractivity contribution in [2.45, 2.75) is 244 Å². The zero-order valence-electron chi connectivity index (χ0n) is 39.2. The highest BCUT2D eigenvalue weighted by atomic mass is 127. The third-order valence-corrected chi connectivity index (χ3v) is 37.2. The molecule has 0 aromatic carbocycles. The van der Waals surface area contributed by atoms with Gasteiger partial charge in [0.2, 0.25) is 0 Å². The minimum absolute atomic E-state index is 0.000748. The highest BCUT2D eigenvalue weighted by Gasteiger charge is 2.58. The van der Waals surface area contributed by atoms with Crippen LogP contribution in [0.25, 0.3) is 0 Å². The van der Waals surface area contributed by atoms with Gasteiger partial charge in [-0.15, -0.1) is 0 Å². The Labute approximate surface area is 349 Å². The van der Waals surface area contributed by atoms with E-state index in [9.17, 15) is 0 Å². The van der Waals surface area contributed by atoms with Crippen LogP contribution >= 0.6 is 22.6 Å². The van der Waals surface area contributed by atoms with Crippen LogP contribution in [0.4, 0.5) is 0 Å². The lowest BCUT2D eigenvalue weighted by atomic mass is 9.90. The summed E-state index contributed by atoms with van der Waals surface area (Å²) < 4.78 is 46.9. The summed E-state index contributed by atoms with van der Waals surface area (Å²) in [4.78, 5) is 0. The second-order valence-electron chi connectivity index (χ2n) is 22.1. The van der Waals surface area contributed by atoms with Crippen molar-refractivity contribution in [1.82, 2.24) is 0 Å². The van der Waals surface area contributed by atoms with Crippen molar-refractivity contribution in [1.29, 1.82) is 0 Å². The molecule has 0 radical (unpaired) electrons. The summed E-state index contributed by atoms with van der Waals surface area (Å²) in [6, 6.07) is 3.47. The van der Waals surface area contributed by atoms with Gasteiger partial charge in [-0.25, -0.2) is 0 Å². The first-order valence-corrected chi connectivity index (χ1v) is 36.3. The monoisotopic (exact) mass is 944 g/mol. The average molecular weight is 945 g/mol. The highest BCUT2D eigenvalue weighted by Crippen LogP contribution is 2.48. The van der Waals surface area contributed by atoms with Crippen LogP contribution in [0.15, 0.2) is 10.2 Å². The first-order valence-electron chi connectivity index (χ1n) is 20.9. The van der Waals surface area contributed by atoms with Gasteiger partial charge in [-0.3, -0.25) is 0 Å². The molecule has 0 saturated carbocycles. The van der Waals surface area contributed by atoms with Gasteiger partial charge in [0.25, 0.3) is 0 Å². The van der Waals surface area contributed by atoms with Crippen molar-refractivity contribution < 1.29 is 26.9 Å². The van der Waals surface area contributed by atoms with Crippen LogP contribution in [0.3, 0.4) is 0 Å². The summed E-state index contributed by atoms with van der Waals surface area (Å²) in [6.45, 7) is 54.6. The normalized spacial score (nSPS) is 24.3. The van der Waals surface area contributed by atoms with Crippen molar-refractivity contribution >= 4 is 64.2 Å². The number of rotatable bonds is 18. The van der Waals surface area contributed by atoms with Crippen molar-refractivity contribution in [2.24, 2.45) is 0 Å². The fraction of sp³-hybridized carbons (Fsp3) is 0.951. The van der Waals surface area contributed by atoms with E-state index in [-0.39, 0.29) is 56.8 Å². The van der Waals surface area contributed by atoms with E-state index in [1.165, 1.54) is 0 Å². The van der Waals surface area contributed by atoms with E-state index in [1.54, 1.807) is 0 Å². The summed E-state index contributed by atoms with van der Waals surface area (Å²) in [5.41, 5.74) is 0. The van der Waals surface area contributed by atoms with Gasteiger partial charge in [0.15, 0.2) is 41.6 Å². The van der Waals surface area contributed by atoms with Gasteiger partial charge in [-0.2, -0.15) is 0 Å². The third kappa shape index (κ3) is 13.7. The topological polar surface area (TPSA) is 55.4 Å². The zero-order chi connectivity index (χ0) is 41.9. The number of halogens is 1. The van der Waals surface area contributed by atoms with Crippen LogP contribution in [0.5, 0.6) is 0 Å². The quantitative estimate of drug-likeness (QED) is 0.0775. The van der Waals surface area contributed by atoms with Crippen molar-refractivity contribution in [3.8, 4) is 0 Å². The number of hydrogen-bond donors (Lipinski definition) is 0. The predicted octanol–water partition coefficient (Wildman–Crippen LogP) is 14.1. The third-order valence-electron chi connectivity index (χ3n) is 14.2. The van der Waals surface area contributed by atoms with Crippen LogP contribution in [-0.4, -0.2) is 84.8 Å². The number of ether oxygens (including phenoxy) is 1. The second kappa shape index (κ2) is 19.1. The molecule has 0 aromatic rings. The van der Waals surface area contributed by atoms with E-state index in [2.05, 4.69) is 189 Å². The molecule has 0 unspecified atom stereocenters. The van der Waals surface area contributed by atoms with Crippen LogP contribution < -0.4 is 0 Å². The lowest BCUT2D eigenvalue weighted by Crippen LogP contribution is -2.69. The molecule has 0 amide bonds. The second-order valence-corrected chi connectivity index (χ2v) is 46.6. The SMILES string of the molecule is CC[Si](CC)(CC)OCCC[C@@H]1O[C@@H]([C@H](C=CI)O[Si](C)(C)C(C)(C)C)[C@@H](O[Si](C)(C)C(C)(C)C)[C@@H](O[Si](C)(C)C(C)(C)C)[C@H]1O[Si](C)(C)C(C)(C)C. The Morgan fingerprint density at radius 3 is 1.32 bits per heavy atom. The molecule has 6 nitrogen and oxygen atoms in total. The Bertz CT molecular complexity index is 1140. The molecule has 6 atom stereocenters. The van der Waals surface area contributed by atoms with Crippen LogP contribution in [0, 0.1) is 0 Å². The molecular weight excluding hydrogens is 856 g/mol. The summed E-state index contributed by atoms with van der Waals surface area (Å²) in [5, 5.41) is 0.0407. The Kier molecular flexibility index (Phi) is 18.9. The predicted molar refractivity (Wildman–Crippen MR) is 252 cm³/mol. The Morgan fingerprint density at radius 2 is 0.962 bits per heavy atom. The molecule has 316 valence electrons. The van der Waals surface area contributed by atoms with E-state index in [0.717, 1.165) is 37.6 Å². The van der Waals surface area contributed by atoms with Gasteiger partial charge < -0.3 is 26.9 Å². The molecule has 0 bridgehead atoms. The van der Waals surface area contributed by atoms with Gasteiger partial charge in [0.05, 0.1) is 18.3 Å².